The van der Waals surface area contributed by atoms with Crippen LogP contribution >= 0.6 is 22.7 Å². The zero-order valence-corrected chi connectivity index (χ0v) is 22.1. The lowest BCUT2D eigenvalue weighted by molar-refractivity contribution is 0.161. The summed E-state index contributed by atoms with van der Waals surface area (Å²) in [7, 11) is 2.14. The smallest absolute Gasteiger partial charge is 0.188 e. The molecule has 1 aliphatic rings. The molecule has 0 aliphatic carbocycles. The molecule has 0 radical (unpaired) electrons. The fraction of sp³-hybridized carbons (Fsp3) is 0.500. The second-order valence-corrected chi connectivity index (χ2v) is 12.3. The maximum atomic E-state index is 10.7. The topological polar surface area (TPSA) is 92.0 Å². The molecule has 34 heavy (non-hydrogen) atoms. The third kappa shape index (κ3) is 4.42. The Balaban J connectivity index is 1.38. The summed E-state index contributed by atoms with van der Waals surface area (Å²) >= 11 is 3.07. The molecule has 1 saturated heterocycles. The van der Waals surface area contributed by atoms with Gasteiger partial charge in [0.1, 0.15) is 16.5 Å². The van der Waals surface area contributed by atoms with Crippen molar-refractivity contribution in [3.63, 3.8) is 0 Å². The van der Waals surface area contributed by atoms with E-state index in [1.54, 1.807) is 29.8 Å². The standard InChI is InChI=1S/C24H31N7OS2/c1-7-31-13-15(12-26-31)14-8-17(32)18(25-11-14)19-27-20-21(33-19)28-22(34-20)30(6)16-9-23(2,3)29-24(4,5)10-16/h8,11-13,16,29,32H,7,9-10H2,1-6H3. The molecule has 1 aliphatic heterocycles. The number of nitrogens with one attached hydrogen (secondary N) is 1. The van der Waals surface area contributed by atoms with Crippen LogP contribution in [0.2, 0.25) is 0 Å². The largest absolute Gasteiger partial charge is 0.506 e. The van der Waals surface area contributed by atoms with Crippen LogP contribution in [0.15, 0.2) is 24.7 Å². The van der Waals surface area contributed by atoms with E-state index in [4.69, 9.17) is 9.97 Å². The molecule has 180 valence electrons. The van der Waals surface area contributed by atoms with E-state index in [1.807, 2.05) is 17.8 Å². The summed E-state index contributed by atoms with van der Waals surface area (Å²) < 4.78 is 1.85. The van der Waals surface area contributed by atoms with Gasteiger partial charge in [0.05, 0.1) is 6.20 Å². The van der Waals surface area contributed by atoms with Crippen molar-refractivity contribution >= 4 is 37.5 Å². The number of hydrogen-bond donors (Lipinski definition) is 2. The molecule has 0 bridgehead atoms. The first kappa shape index (κ1) is 23.2. The Morgan fingerprint density at radius 3 is 2.41 bits per heavy atom. The molecule has 5 rings (SSSR count). The summed E-state index contributed by atoms with van der Waals surface area (Å²) in [6.07, 6.45) is 7.60. The molecule has 0 amide bonds. The molecule has 10 heteroatoms. The summed E-state index contributed by atoms with van der Waals surface area (Å²) in [5.41, 5.74) is 2.39. The molecule has 8 nitrogen and oxygen atoms in total. The van der Waals surface area contributed by atoms with Gasteiger partial charge < -0.3 is 15.3 Å². The number of pyridine rings is 1. The number of thiazole rings is 2. The molecule has 0 unspecified atom stereocenters. The number of aromatic hydroxyl groups is 1. The highest BCUT2D eigenvalue weighted by atomic mass is 32.1. The fourth-order valence-electron chi connectivity index (χ4n) is 5.04. The van der Waals surface area contributed by atoms with Gasteiger partial charge in [-0.2, -0.15) is 5.10 Å². The Morgan fingerprint density at radius 2 is 1.79 bits per heavy atom. The van der Waals surface area contributed by atoms with E-state index in [-0.39, 0.29) is 16.8 Å². The quantitative estimate of drug-likeness (QED) is 0.394. The Bertz CT molecular complexity index is 1290. The van der Waals surface area contributed by atoms with E-state index >= 15 is 0 Å². The Hall–Kier alpha value is -2.56. The summed E-state index contributed by atoms with van der Waals surface area (Å²) in [6.45, 7) is 11.9. The molecule has 0 aromatic carbocycles. The van der Waals surface area contributed by atoms with Crippen LogP contribution in [0.25, 0.3) is 31.5 Å². The molecular weight excluding hydrogens is 466 g/mol. The number of nitrogens with zero attached hydrogens (tertiary/aromatic N) is 6. The number of anilines is 1. The SMILES string of the molecule is CCn1cc(-c2cnc(-c3nc4sc(N(C)C5CC(C)(C)NC(C)(C)C5)nc4s3)c(O)c2)cn1. The van der Waals surface area contributed by atoms with E-state index < -0.39 is 0 Å². The minimum Gasteiger partial charge on any atom is -0.506 e. The highest BCUT2D eigenvalue weighted by molar-refractivity contribution is 7.29. The minimum absolute atomic E-state index is 0.0747. The van der Waals surface area contributed by atoms with Crippen molar-refractivity contribution < 1.29 is 5.11 Å². The van der Waals surface area contributed by atoms with E-state index in [2.05, 4.69) is 55.0 Å². The Labute approximate surface area is 207 Å². The number of piperidine rings is 1. The number of fused-ring (bicyclic) bond motifs is 1. The van der Waals surface area contributed by atoms with Gasteiger partial charge in [0.15, 0.2) is 14.8 Å². The number of aryl methyl sites for hydroxylation is 1. The normalized spacial score (nSPS) is 17.9. The molecule has 0 atom stereocenters. The summed E-state index contributed by atoms with van der Waals surface area (Å²) in [6, 6.07) is 2.13. The van der Waals surface area contributed by atoms with Crippen LogP contribution < -0.4 is 10.2 Å². The first-order valence-electron chi connectivity index (χ1n) is 11.6. The van der Waals surface area contributed by atoms with Gasteiger partial charge in [-0.05, 0) is 53.5 Å². The van der Waals surface area contributed by atoms with Gasteiger partial charge in [-0.25, -0.2) is 15.0 Å². The van der Waals surface area contributed by atoms with Crippen LogP contribution in [0.3, 0.4) is 0 Å². The highest BCUT2D eigenvalue weighted by Gasteiger charge is 2.39. The van der Waals surface area contributed by atoms with Crippen LogP contribution in [0.5, 0.6) is 5.75 Å². The average Bonchev–Trinajstić information content (AvgIpc) is 3.45. The summed E-state index contributed by atoms with van der Waals surface area (Å²) in [5.74, 6) is 0.111. The van der Waals surface area contributed by atoms with Crippen LogP contribution in [0.4, 0.5) is 5.13 Å². The van der Waals surface area contributed by atoms with Gasteiger partial charge in [0.25, 0.3) is 0 Å². The lowest BCUT2D eigenvalue weighted by atomic mass is 9.79. The fourth-order valence-corrected chi connectivity index (χ4v) is 7.12. The molecule has 0 spiro atoms. The van der Waals surface area contributed by atoms with E-state index in [0.29, 0.717) is 16.7 Å². The molecule has 4 aromatic rings. The summed E-state index contributed by atoms with van der Waals surface area (Å²) in [4.78, 5) is 18.2. The van der Waals surface area contributed by atoms with Crippen molar-refractivity contribution in [2.24, 2.45) is 0 Å². The molecular formula is C24H31N7OS2. The second kappa shape index (κ2) is 8.28. The lowest BCUT2D eigenvalue weighted by Crippen LogP contribution is -2.61. The van der Waals surface area contributed by atoms with Crippen molar-refractivity contribution in [2.45, 2.75) is 71.1 Å². The molecule has 4 aromatic heterocycles. The number of hydrogen-bond acceptors (Lipinski definition) is 9. The van der Waals surface area contributed by atoms with Crippen LogP contribution in [-0.4, -0.2) is 54.0 Å². The van der Waals surface area contributed by atoms with Crippen molar-refractivity contribution in [3.8, 4) is 27.6 Å². The molecule has 2 N–H and O–H groups in total. The predicted octanol–water partition coefficient (Wildman–Crippen LogP) is 5.15. The van der Waals surface area contributed by atoms with E-state index in [1.165, 1.54) is 11.3 Å². The van der Waals surface area contributed by atoms with Gasteiger partial charge in [0, 0.05) is 54.2 Å². The van der Waals surface area contributed by atoms with Crippen molar-refractivity contribution in [1.29, 1.82) is 0 Å². The van der Waals surface area contributed by atoms with E-state index in [0.717, 1.165) is 45.3 Å². The highest BCUT2D eigenvalue weighted by Crippen LogP contribution is 2.40. The van der Waals surface area contributed by atoms with Gasteiger partial charge >= 0.3 is 0 Å². The third-order valence-corrected chi connectivity index (χ3v) is 8.47. The maximum absolute atomic E-state index is 10.7. The molecule has 1 fully saturated rings. The lowest BCUT2D eigenvalue weighted by Gasteiger charge is -2.48. The predicted molar refractivity (Wildman–Crippen MR) is 140 cm³/mol. The van der Waals surface area contributed by atoms with Crippen molar-refractivity contribution in [1.82, 2.24) is 30.0 Å². The van der Waals surface area contributed by atoms with Gasteiger partial charge in [0.2, 0.25) is 0 Å². The van der Waals surface area contributed by atoms with Gasteiger partial charge in [-0.15, -0.1) is 0 Å². The summed E-state index contributed by atoms with van der Waals surface area (Å²) in [5, 5.41) is 20.4. The second-order valence-electron chi connectivity index (χ2n) is 10.4. The zero-order valence-electron chi connectivity index (χ0n) is 20.5. The third-order valence-electron chi connectivity index (χ3n) is 6.34. The Morgan fingerprint density at radius 1 is 1.09 bits per heavy atom. The molecule has 5 heterocycles. The first-order chi connectivity index (χ1) is 16.0. The van der Waals surface area contributed by atoms with Crippen LogP contribution in [0.1, 0.15) is 47.5 Å². The molecule has 0 saturated carbocycles. The van der Waals surface area contributed by atoms with Gasteiger partial charge in [-0.1, -0.05) is 22.7 Å². The monoisotopic (exact) mass is 497 g/mol. The minimum atomic E-state index is 0.0747. The van der Waals surface area contributed by atoms with Gasteiger partial charge in [-0.3, -0.25) is 4.68 Å². The number of rotatable bonds is 5. The maximum Gasteiger partial charge on any atom is 0.188 e. The van der Waals surface area contributed by atoms with Crippen LogP contribution in [0, 0.1) is 0 Å². The van der Waals surface area contributed by atoms with E-state index in [9.17, 15) is 5.11 Å². The van der Waals surface area contributed by atoms with Crippen molar-refractivity contribution in [2.75, 3.05) is 11.9 Å². The van der Waals surface area contributed by atoms with Crippen molar-refractivity contribution in [3.05, 3.63) is 24.7 Å². The first-order valence-corrected chi connectivity index (χ1v) is 13.2. The number of aromatic nitrogens is 5. The average molecular weight is 498 g/mol. The Kier molecular flexibility index (Phi) is 5.65. The zero-order chi connectivity index (χ0) is 24.3. The van der Waals surface area contributed by atoms with Crippen LogP contribution in [-0.2, 0) is 6.54 Å².